The van der Waals surface area contributed by atoms with Gasteiger partial charge in [0.15, 0.2) is 0 Å². The number of nitrogens with two attached hydrogens (primary N) is 1. The molecule has 2 heterocycles. The number of furan rings is 1. The van der Waals surface area contributed by atoms with Gasteiger partial charge in [-0.25, -0.2) is 5.43 Å². The fourth-order valence-electron chi connectivity index (χ4n) is 1.56. The summed E-state index contributed by atoms with van der Waals surface area (Å²) in [5.74, 6) is 6.32. The highest BCUT2D eigenvalue weighted by Gasteiger charge is 2.19. The SMILES string of the molecule is Cc1ccoc1C(NN)c1ccn(C)n1. The number of hydrazine groups is 1. The van der Waals surface area contributed by atoms with Crippen LogP contribution in [0.1, 0.15) is 23.1 Å². The second-order valence-electron chi connectivity index (χ2n) is 3.48. The summed E-state index contributed by atoms with van der Waals surface area (Å²) in [6.07, 6.45) is 3.52. The molecular weight excluding hydrogens is 192 g/mol. The molecule has 0 bridgehead atoms. The van der Waals surface area contributed by atoms with Crippen LogP contribution in [0.25, 0.3) is 0 Å². The Balaban J connectivity index is 2.36. The Hall–Kier alpha value is -1.59. The van der Waals surface area contributed by atoms with Crippen LogP contribution in [-0.2, 0) is 7.05 Å². The van der Waals surface area contributed by atoms with Gasteiger partial charge >= 0.3 is 0 Å². The average Bonchev–Trinajstić information content (AvgIpc) is 2.79. The smallest absolute Gasteiger partial charge is 0.131 e. The monoisotopic (exact) mass is 206 g/mol. The van der Waals surface area contributed by atoms with Crippen molar-refractivity contribution in [2.24, 2.45) is 12.9 Å². The fourth-order valence-corrected chi connectivity index (χ4v) is 1.56. The van der Waals surface area contributed by atoms with Crippen molar-refractivity contribution < 1.29 is 4.42 Å². The van der Waals surface area contributed by atoms with Crippen molar-refractivity contribution in [1.82, 2.24) is 15.2 Å². The summed E-state index contributed by atoms with van der Waals surface area (Å²) < 4.78 is 7.12. The van der Waals surface area contributed by atoms with E-state index in [0.717, 1.165) is 17.0 Å². The van der Waals surface area contributed by atoms with E-state index in [1.165, 1.54) is 0 Å². The Morgan fingerprint density at radius 3 is 2.80 bits per heavy atom. The van der Waals surface area contributed by atoms with E-state index < -0.39 is 0 Å². The predicted octanol–water partition coefficient (Wildman–Crippen LogP) is 0.874. The molecule has 2 rings (SSSR count). The van der Waals surface area contributed by atoms with Gasteiger partial charge in [-0.2, -0.15) is 5.10 Å². The van der Waals surface area contributed by atoms with E-state index in [2.05, 4.69) is 10.5 Å². The number of rotatable bonds is 3. The maximum Gasteiger partial charge on any atom is 0.131 e. The van der Waals surface area contributed by atoms with Gasteiger partial charge < -0.3 is 4.42 Å². The summed E-state index contributed by atoms with van der Waals surface area (Å²) in [6.45, 7) is 1.98. The summed E-state index contributed by atoms with van der Waals surface area (Å²) >= 11 is 0. The van der Waals surface area contributed by atoms with Crippen LogP contribution in [0.2, 0.25) is 0 Å². The molecular formula is C10H14N4O. The molecule has 5 heteroatoms. The number of hydrogen-bond acceptors (Lipinski definition) is 4. The minimum Gasteiger partial charge on any atom is -0.467 e. The molecule has 80 valence electrons. The third-order valence-corrected chi connectivity index (χ3v) is 2.36. The van der Waals surface area contributed by atoms with E-state index in [-0.39, 0.29) is 6.04 Å². The van der Waals surface area contributed by atoms with E-state index in [4.69, 9.17) is 10.3 Å². The number of nitrogens with one attached hydrogen (secondary N) is 1. The van der Waals surface area contributed by atoms with E-state index >= 15 is 0 Å². The minimum atomic E-state index is -0.193. The summed E-state index contributed by atoms with van der Waals surface area (Å²) in [6, 6.07) is 3.62. The molecule has 1 atom stereocenters. The predicted molar refractivity (Wildman–Crippen MR) is 55.8 cm³/mol. The van der Waals surface area contributed by atoms with Crippen LogP contribution >= 0.6 is 0 Å². The van der Waals surface area contributed by atoms with Gasteiger partial charge in [-0.1, -0.05) is 0 Å². The standard InChI is InChI=1S/C10H14N4O/c1-7-4-6-15-10(7)9(12-11)8-3-5-14(2)13-8/h3-6,9,12H,11H2,1-2H3. The average molecular weight is 206 g/mol. The summed E-state index contributed by atoms with van der Waals surface area (Å²) in [4.78, 5) is 0. The number of aryl methyl sites for hydroxylation is 2. The minimum absolute atomic E-state index is 0.193. The Bertz CT molecular complexity index is 446. The third-order valence-electron chi connectivity index (χ3n) is 2.36. The molecule has 0 aliphatic carbocycles. The molecule has 5 nitrogen and oxygen atoms in total. The molecule has 0 aliphatic rings. The molecule has 0 spiro atoms. The zero-order valence-electron chi connectivity index (χ0n) is 8.77. The number of nitrogens with zero attached hydrogens (tertiary/aromatic N) is 2. The lowest BCUT2D eigenvalue weighted by Crippen LogP contribution is -2.29. The normalized spacial score (nSPS) is 13.0. The van der Waals surface area contributed by atoms with Crippen molar-refractivity contribution in [3.05, 3.63) is 41.6 Å². The maximum absolute atomic E-state index is 5.51. The molecule has 15 heavy (non-hydrogen) atoms. The number of hydrogen-bond donors (Lipinski definition) is 2. The van der Waals surface area contributed by atoms with Crippen LogP contribution in [0.3, 0.4) is 0 Å². The van der Waals surface area contributed by atoms with Crippen molar-refractivity contribution in [2.45, 2.75) is 13.0 Å². The van der Waals surface area contributed by atoms with Crippen molar-refractivity contribution in [1.29, 1.82) is 0 Å². The molecule has 1 unspecified atom stereocenters. The van der Waals surface area contributed by atoms with Gasteiger partial charge in [0.05, 0.1) is 12.0 Å². The van der Waals surface area contributed by atoms with Gasteiger partial charge in [0.25, 0.3) is 0 Å². The van der Waals surface area contributed by atoms with Crippen LogP contribution < -0.4 is 11.3 Å². The van der Waals surface area contributed by atoms with Gasteiger partial charge in [-0.3, -0.25) is 10.5 Å². The van der Waals surface area contributed by atoms with Crippen LogP contribution in [0.5, 0.6) is 0 Å². The second kappa shape index (κ2) is 3.88. The van der Waals surface area contributed by atoms with Crippen molar-refractivity contribution in [3.63, 3.8) is 0 Å². The summed E-state index contributed by atoms with van der Waals surface area (Å²) in [5.41, 5.74) is 4.61. The largest absolute Gasteiger partial charge is 0.467 e. The van der Waals surface area contributed by atoms with Crippen molar-refractivity contribution in [3.8, 4) is 0 Å². The summed E-state index contributed by atoms with van der Waals surface area (Å²) in [5, 5.41) is 4.29. The first-order chi connectivity index (χ1) is 7.22. The van der Waals surface area contributed by atoms with Crippen molar-refractivity contribution >= 4 is 0 Å². The van der Waals surface area contributed by atoms with Gasteiger partial charge in [0.2, 0.25) is 0 Å². The van der Waals surface area contributed by atoms with E-state index in [9.17, 15) is 0 Å². The third kappa shape index (κ3) is 1.79. The highest BCUT2D eigenvalue weighted by molar-refractivity contribution is 5.25. The Kier molecular flexibility index (Phi) is 2.57. The lowest BCUT2D eigenvalue weighted by molar-refractivity contribution is 0.442. The fraction of sp³-hybridized carbons (Fsp3) is 0.300. The molecule has 0 aromatic carbocycles. The lowest BCUT2D eigenvalue weighted by Gasteiger charge is -2.11. The summed E-state index contributed by atoms with van der Waals surface area (Å²) in [7, 11) is 1.87. The number of aromatic nitrogens is 2. The van der Waals surface area contributed by atoms with Gasteiger partial charge in [0.1, 0.15) is 11.8 Å². The molecule has 2 aromatic rings. The topological polar surface area (TPSA) is 69.0 Å². The molecule has 3 N–H and O–H groups in total. The highest BCUT2D eigenvalue weighted by Crippen LogP contribution is 2.23. The zero-order chi connectivity index (χ0) is 10.8. The van der Waals surface area contributed by atoms with Crippen LogP contribution in [0, 0.1) is 6.92 Å². The van der Waals surface area contributed by atoms with Crippen LogP contribution in [0.15, 0.2) is 29.0 Å². The molecule has 0 radical (unpaired) electrons. The zero-order valence-corrected chi connectivity index (χ0v) is 8.77. The Morgan fingerprint density at radius 1 is 1.53 bits per heavy atom. The Labute approximate surface area is 87.8 Å². The lowest BCUT2D eigenvalue weighted by atomic mass is 10.1. The van der Waals surface area contributed by atoms with Crippen molar-refractivity contribution in [2.75, 3.05) is 0 Å². The maximum atomic E-state index is 5.51. The van der Waals surface area contributed by atoms with Gasteiger partial charge in [-0.05, 0) is 24.6 Å². The quantitative estimate of drug-likeness (QED) is 0.577. The molecule has 2 aromatic heterocycles. The first-order valence-corrected chi connectivity index (χ1v) is 4.72. The van der Waals surface area contributed by atoms with Gasteiger partial charge in [-0.15, -0.1) is 0 Å². The van der Waals surface area contributed by atoms with Crippen LogP contribution in [-0.4, -0.2) is 9.78 Å². The Morgan fingerprint density at radius 2 is 2.33 bits per heavy atom. The van der Waals surface area contributed by atoms with E-state index in [1.807, 2.05) is 32.3 Å². The van der Waals surface area contributed by atoms with E-state index in [1.54, 1.807) is 10.9 Å². The molecule has 0 saturated heterocycles. The molecule has 0 aliphatic heterocycles. The van der Waals surface area contributed by atoms with Gasteiger partial charge in [0, 0.05) is 13.2 Å². The van der Waals surface area contributed by atoms with E-state index in [0.29, 0.717) is 0 Å². The highest BCUT2D eigenvalue weighted by atomic mass is 16.3. The molecule has 0 amide bonds. The second-order valence-corrected chi connectivity index (χ2v) is 3.48. The molecule has 0 fully saturated rings. The first kappa shape index (κ1) is 9.95. The molecule has 0 saturated carbocycles. The first-order valence-electron chi connectivity index (χ1n) is 4.72. The van der Waals surface area contributed by atoms with Crippen LogP contribution in [0.4, 0.5) is 0 Å².